The van der Waals surface area contributed by atoms with Crippen LogP contribution in [0.4, 0.5) is 0 Å². The van der Waals surface area contributed by atoms with Crippen LogP contribution in [0.5, 0.6) is 0 Å². The van der Waals surface area contributed by atoms with Crippen molar-refractivity contribution in [2.75, 3.05) is 0 Å². The number of hydrogen-bond donors (Lipinski definition) is 0. The van der Waals surface area contributed by atoms with E-state index in [9.17, 15) is 4.21 Å². The highest BCUT2D eigenvalue weighted by molar-refractivity contribution is 7.83. The molecule has 2 heteroatoms. The van der Waals surface area contributed by atoms with Gasteiger partial charge in [-0.2, -0.15) is 0 Å². The summed E-state index contributed by atoms with van der Waals surface area (Å²) in [5.41, 5.74) is 3.77. The third-order valence-electron chi connectivity index (χ3n) is 3.32. The quantitative estimate of drug-likeness (QED) is 0.812. The van der Waals surface area contributed by atoms with Crippen LogP contribution in [0.3, 0.4) is 0 Å². The van der Waals surface area contributed by atoms with Crippen LogP contribution in [0.15, 0.2) is 54.6 Å². The first-order valence-electron chi connectivity index (χ1n) is 6.93. The molecule has 106 valence electrons. The van der Waals surface area contributed by atoms with E-state index in [4.69, 9.17) is 0 Å². The summed E-state index contributed by atoms with van der Waals surface area (Å²) in [5, 5.41) is 0. The van der Waals surface area contributed by atoms with E-state index in [1.807, 2.05) is 30.3 Å². The van der Waals surface area contributed by atoms with Crippen molar-refractivity contribution in [3.8, 4) is 0 Å². The van der Waals surface area contributed by atoms with Gasteiger partial charge in [-0.15, -0.1) is 0 Å². The zero-order valence-electron chi connectivity index (χ0n) is 12.4. The molecule has 0 amide bonds. The van der Waals surface area contributed by atoms with E-state index < -0.39 is 10.8 Å². The topological polar surface area (TPSA) is 17.1 Å². The maximum atomic E-state index is 12.2. The Bertz CT molecular complexity index is 565. The van der Waals surface area contributed by atoms with Gasteiger partial charge < -0.3 is 0 Å². The third kappa shape index (κ3) is 4.31. The molecule has 2 aromatic carbocycles. The number of rotatable bonds is 4. The lowest BCUT2D eigenvalue weighted by Crippen LogP contribution is -2.10. The largest absolute Gasteiger partial charge is 0.259 e. The van der Waals surface area contributed by atoms with E-state index >= 15 is 0 Å². The first kappa shape index (κ1) is 15.0. The molecule has 1 nitrogen and oxygen atoms in total. The number of hydrogen-bond acceptors (Lipinski definition) is 1. The van der Waals surface area contributed by atoms with Crippen molar-refractivity contribution >= 4 is 10.8 Å². The molecule has 0 saturated heterocycles. The van der Waals surface area contributed by atoms with Crippen molar-refractivity contribution < 1.29 is 4.21 Å². The smallest absolute Gasteiger partial charge is 0.0489 e. The maximum Gasteiger partial charge on any atom is 0.0489 e. The van der Waals surface area contributed by atoms with E-state index in [0.717, 1.165) is 11.1 Å². The summed E-state index contributed by atoms with van der Waals surface area (Å²) in [4.78, 5) is 0. The van der Waals surface area contributed by atoms with E-state index in [-0.39, 0.29) is 5.41 Å². The molecule has 0 aliphatic carbocycles. The van der Waals surface area contributed by atoms with Gasteiger partial charge >= 0.3 is 0 Å². The van der Waals surface area contributed by atoms with Gasteiger partial charge in [-0.1, -0.05) is 75.4 Å². The fourth-order valence-corrected chi connectivity index (χ4v) is 3.33. The average Bonchev–Trinajstić information content (AvgIpc) is 2.39. The fraction of sp³-hybridized carbons (Fsp3) is 0.333. The van der Waals surface area contributed by atoms with Crippen LogP contribution in [-0.2, 0) is 27.7 Å². The Hall–Kier alpha value is -1.41. The molecular weight excluding hydrogens is 264 g/mol. The molecule has 0 aliphatic heterocycles. The molecular formula is C18H22OS. The molecule has 1 atom stereocenters. The predicted octanol–water partition coefficient (Wildman–Crippen LogP) is 4.43. The summed E-state index contributed by atoms with van der Waals surface area (Å²) in [6, 6.07) is 18.5. The fourth-order valence-electron chi connectivity index (χ4n) is 2.10. The van der Waals surface area contributed by atoms with Crippen LogP contribution in [0, 0.1) is 0 Å². The van der Waals surface area contributed by atoms with E-state index in [2.05, 4.69) is 45.0 Å². The van der Waals surface area contributed by atoms with Crippen molar-refractivity contribution in [2.24, 2.45) is 0 Å². The van der Waals surface area contributed by atoms with Crippen LogP contribution in [0.1, 0.15) is 37.5 Å². The van der Waals surface area contributed by atoms with Crippen LogP contribution < -0.4 is 0 Å². The highest BCUT2D eigenvalue weighted by atomic mass is 32.2. The molecule has 0 N–H and O–H groups in total. The second-order valence-corrected chi connectivity index (χ2v) is 7.62. The van der Waals surface area contributed by atoms with Gasteiger partial charge in [-0.3, -0.25) is 4.21 Å². The summed E-state index contributed by atoms with van der Waals surface area (Å²) in [5.74, 6) is 1.25. The Morgan fingerprint density at radius 2 is 1.30 bits per heavy atom. The Balaban J connectivity index is 1.98. The normalized spacial score (nSPS) is 13.2. The van der Waals surface area contributed by atoms with Gasteiger partial charge in [-0.25, -0.2) is 0 Å². The highest BCUT2D eigenvalue weighted by Crippen LogP contribution is 2.22. The summed E-state index contributed by atoms with van der Waals surface area (Å²) >= 11 is 0. The first-order valence-corrected chi connectivity index (χ1v) is 8.42. The van der Waals surface area contributed by atoms with Crippen LogP contribution >= 0.6 is 0 Å². The lowest BCUT2D eigenvalue weighted by Gasteiger charge is -2.19. The zero-order chi connectivity index (χ0) is 14.6. The summed E-state index contributed by atoms with van der Waals surface area (Å²) in [6.07, 6.45) is 0. The van der Waals surface area contributed by atoms with Gasteiger partial charge in [0.25, 0.3) is 0 Å². The molecule has 20 heavy (non-hydrogen) atoms. The minimum atomic E-state index is -0.850. The average molecular weight is 286 g/mol. The molecule has 1 unspecified atom stereocenters. The van der Waals surface area contributed by atoms with Crippen molar-refractivity contribution in [1.82, 2.24) is 0 Å². The molecule has 0 radical (unpaired) electrons. The summed E-state index contributed by atoms with van der Waals surface area (Å²) in [6.45, 7) is 6.61. The Morgan fingerprint density at radius 1 is 0.800 bits per heavy atom. The van der Waals surface area contributed by atoms with E-state index in [0.29, 0.717) is 11.5 Å². The Morgan fingerprint density at radius 3 is 1.80 bits per heavy atom. The van der Waals surface area contributed by atoms with E-state index in [1.54, 1.807) is 0 Å². The Labute approximate surface area is 124 Å². The number of benzene rings is 2. The van der Waals surface area contributed by atoms with Gasteiger partial charge in [0.1, 0.15) is 0 Å². The third-order valence-corrected chi connectivity index (χ3v) is 4.63. The van der Waals surface area contributed by atoms with Crippen molar-refractivity contribution in [3.05, 3.63) is 71.3 Å². The SMILES string of the molecule is CC(C)(C)c1ccc(CS(=O)Cc2ccccc2)cc1. The minimum Gasteiger partial charge on any atom is -0.259 e. The van der Waals surface area contributed by atoms with Gasteiger partial charge in [0.2, 0.25) is 0 Å². The lowest BCUT2D eigenvalue weighted by atomic mass is 9.87. The predicted molar refractivity (Wildman–Crippen MR) is 87.1 cm³/mol. The zero-order valence-corrected chi connectivity index (χ0v) is 13.2. The van der Waals surface area contributed by atoms with Crippen molar-refractivity contribution in [3.63, 3.8) is 0 Å². The van der Waals surface area contributed by atoms with Gasteiger partial charge in [-0.05, 0) is 22.1 Å². The maximum absolute atomic E-state index is 12.2. The van der Waals surface area contributed by atoms with Crippen LogP contribution in [0.2, 0.25) is 0 Å². The van der Waals surface area contributed by atoms with E-state index in [1.165, 1.54) is 5.56 Å². The molecule has 0 aliphatic rings. The van der Waals surface area contributed by atoms with Crippen molar-refractivity contribution in [2.45, 2.75) is 37.7 Å². The second-order valence-electron chi connectivity index (χ2n) is 6.16. The Kier molecular flexibility index (Phi) is 4.77. The molecule has 0 bridgehead atoms. The molecule has 0 saturated carbocycles. The molecule has 0 spiro atoms. The first-order chi connectivity index (χ1) is 9.45. The molecule has 0 aromatic heterocycles. The highest BCUT2D eigenvalue weighted by Gasteiger charge is 2.13. The van der Waals surface area contributed by atoms with Gasteiger partial charge in [0.05, 0.1) is 0 Å². The molecule has 2 aromatic rings. The van der Waals surface area contributed by atoms with Crippen LogP contribution in [0.25, 0.3) is 0 Å². The molecule has 0 fully saturated rings. The summed E-state index contributed by atoms with van der Waals surface area (Å²) in [7, 11) is -0.850. The lowest BCUT2D eigenvalue weighted by molar-refractivity contribution is 0.590. The van der Waals surface area contributed by atoms with Gasteiger partial charge in [0.15, 0.2) is 0 Å². The van der Waals surface area contributed by atoms with Gasteiger partial charge in [0, 0.05) is 22.3 Å². The van der Waals surface area contributed by atoms with Crippen molar-refractivity contribution in [1.29, 1.82) is 0 Å². The monoisotopic (exact) mass is 286 g/mol. The molecule has 2 rings (SSSR count). The van der Waals surface area contributed by atoms with Crippen LogP contribution in [-0.4, -0.2) is 4.21 Å². The minimum absolute atomic E-state index is 0.168. The standard InChI is InChI=1S/C18H22OS/c1-18(2,3)17-11-9-16(10-12-17)14-20(19)13-15-7-5-4-6-8-15/h4-12H,13-14H2,1-3H3. The summed E-state index contributed by atoms with van der Waals surface area (Å²) < 4.78 is 12.2. The second kappa shape index (κ2) is 6.36. The molecule has 0 heterocycles.